The molecule has 6 rings (SSSR count). The fraction of sp³-hybridized carbons (Fsp3) is 1.00. The summed E-state index contributed by atoms with van der Waals surface area (Å²) in [7, 11) is -1.45. The van der Waals surface area contributed by atoms with E-state index in [1.807, 2.05) is 0 Å². The van der Waals surface area contributed by atoms with Gasteiger partial charge in [-0.25, -0.2) is 0 Å². The molecule has 3 heteroatoms. The summed E-state index contributed by atoms with van der Waals surface area (Å²) in [6.45, 7) is 26.7. The second kappa shape index (κ2) is 14.6. The van der Waals surface area contributed by atoms with Gasteiger partial charge in [-0.1, -0.05) is 52.6 Å². The van der Waals surface area contributed by atoms with Crippen LogP contribution >= 0.6 is 0 Å². The first-order chi connectivity index (χ1) is 22.1. The van der Waals surface area contributed by atoms with Gasteiger partial charge in [0.25, 0.3) is 0 Å². The van der Waals surface area contributed by atoms with Crippen molar-refractivity contribution in [3.63, 3.8) is 0 Å². The van der Waals surface area contributed by atoms with Crippen molar-refractivity contribution in [2.24, 2.45) is 71.0 Å². The van der Waals surface area contributed by atoms with E-state index in [9.17, 15) is 0 Å². The highest BCUT2D eigenvalue weighted by Crippen LogP contribution is 2.67. The van der Waals surface area contributed by atoms with E-state index >= 15 is 0 Å². The van der Waals surface area contributed by atoms with Crippen LogP contribution in [0.5, 0.6) is 0 Å². The van der Waals surface area contributed by atoms with Crippen LogP contribution in [0.2, 0.25) is 24.2 Å². The van der Waals surface area contributed by atoms with Crippen molar-refractivity contribution in [3.8, 4) is 0 Å². The van der Waals surface area contributed by atoms with Crippen molar-refractivity contribution in [1.29, 1.82) is 0 Å². The van der Waals surface area contributed by atoms with E-state index in [1.165, 1.54) is 64.2 Å². The highest BCUT2D eigenvalue weighted by Gasteiger charge is 2.60. The third kappa shape index (κ3) is 8.29. The van der Waals surface area contributed by atoms with E-state index in [0.29, 0.717) is 0 Å². The maximum atomic E-state index is 6.24. The summed E-state index contributed by atoms with van der Waals surface area (Å²) in [6.07, 6.45) is 24.1. The SMILES string of the molecule is CC1CC2C(C3CCC(COC(C)(C)C)CC3)CCCC2C1[Si](C)(C)C1C(C)CC2C(C3CCC(COC(C)(C)C)CC3)CCCC21. The van der Waals surface area contributed by atoms with Gasteiger partial charge in [-0.15, -0.1) is 0 Å². The zero-order valence-electron chi connectivity index (χ0n) is 33.1. The Morgan fingerprint density at radius 3 is 1.15 bits per heavy atom. The van der Waals surface area contributed by atoms with Crippen LogP contribution in [-0.4, -0.2) is 32.5 Å². The average molecular weight is 669 g/mol. The van der Waals surface area contributed by atoms with Gasteiger partial charge in [0, 0.05) is 0 Å². The number of rotatable bonds is 8. The van der Waals surface area contributed by atoms with E-state index < -0.39 is 8.07 Å². The maximum absolute atomic E-state index is 6.24. The Kier molecular flexibility index (Phi) is 11.5. The average Bonchev–Trinajstić information content (AvgIpc) is 3.55. The molecule has 6 fully saturated rings. The van der Waals surface area contributed by atoms with Gasteiger partial charge in [-0.2, -0.15) is 0 Å². The highest BCUT2D eigenvalue weighted by molar-refractivity contribution is 6.80. The van der Waals surface area contributed by atoms with Crippen molar-refractivity contribution in [2.45, 2.75) is 194 Å². The van der Waals surface area contributed by atoms with E-state index in [1.54, 1.807) is 38.5 Å². The highest BCUT2D eigenvalue weighted by atomic mass is 28.3. The van der Waals surface area contributed by atoms with Gasteiger partial charge in [0.05, 0.1) is 32.5 Å². The van der Waals surface area contributed by atoms with Crippen LogP contribution in [0.25, 0.3) is 0 Å². The molecule has 10 unspecified atom stereocenters. The molecular weight excluding hydrogens is 589 g/mol. The smallest absolute Gasteiger partial charge is 0.0598 e. The van der Waals surface area contributed by atoms with Gasteiger partial charge in [-0.05, 0) is 201 Å². The zero-order chi connectivity index (χ0) is 33.7. The summed E-state index contributed by atoms with van der Waals surface area (Å²) >= 11 is 0. The van der Waals surface area contributed by atoms with Gasteiger partial charge in [-0.3, -0.25) is 0 Å². The molecule has 6 saturated carbocycles. The summed E-state index contributed by atoms with van der Waals surface area (Å²) in [5.74, 6) is 11.9. The van der Waals surface area contributed by atoms with Gasteiger partial charge in [0.15, 0.2) is 0 Å². The first kappa shape index (κ1) is 36.9. The molecule has 6 aliphatic carbocycles. The number of hydrogen-bond donors (Lipinski definition) is 0. The monoisotopic (exact) mass is 669 g/mol. The molecule has 0 spiro atoms. The van der Waals surface area contributed by atoms with Crippen LogP contribution in [0.3, 0.4) is 0 Å². The van der Waals surface area contributed by atoms with E-state index in [4.69, 9.17) is 9.47 Å². The molecule has 0 aromatic rings. The second-order valence-corrected chi connectivity index (χ2v) is 26.5. The molecule has 0 heterocycles. The molecule has 0 amide bonds. The maximum Gasteiger partial charge on any atom is 0.0598 e. The Bertz CT molecular complexity index is 913. The van der Waals surface area contributed by atoms with Gasteiger partial charge < -0.3 is 9.47 Å². The molecule has 0 N–H and O–H groups in total. The molecule has 0 radical (unpaired) electrons. The fourth-order valence-corrected chi connectivity index (χ4v) is 21.2. The molecule has 10 atom stereocenters. The summed E-state index contributed by atoms with van der Waals surface area (Å²) < 4.78 is 12.5. The summed E-state index contributed by atoms with van der Waals surface area (Å²) in [6, 6.07) is 0. The first-order valence-electron chi connectivity index (χ1n) is 21.4. The fourth-order valence-electron chi connectivity index (χ4n) is 14.5. The lowest BCUT2D eigenvalue weighted by atomic mass is 9.64. The molecule has 47 heavy (non-hydrogen) atoms. The molecule has 272 valence electrons. The summed E-state index contributed by atoms with van der Waals surface area (Å²) in [4.78, 5) is 0. The Morgan fingerprint density at radius 2 is 0.809 bits per heavy atom. The van der Waals surface area contributed by atoms with Gasteiger partial charge >= 0.3 is 0 Å². The molecule has 0 aromatic heterocycles. The molecular formula is C44H80O2Si. The van der Waals surface area contributed by atoms with E-state index in [-0.39, 0.29) is 11.2 Å². The van der Waals surface area contributed by atoms with Crippen molar-refractivity contribution in [3.05, 3.63) is 0 Å². The van der Waals surface area contributed by atoms with Crippen LogP contribution in [0.15, 0.2) is 0 Å². The zero-order valence-corrected chi connectivity index (χ0v) is 34.1. The molecule has 0 bridgehead atoms. The lowest BCUT2D eigenvalue weighted by Crippen LogP contribution is -2.47. The second-order valence-electron chi connectivity index (χ2n) is 21.6. The predicted molar refractivity (Wildman–Crippen MR) is 203 cm³/mol. The normalized spacial score (nSPS) is 45.1. The van der Waals surface area contributed by atoms with Crippen LogP contribution in [-0.2, 0) is 9.47 Å². The van der Waals surface area contributed by atoms with Crippen LogP contribution in [0, 0.1) is 71.0 Å². The molecule has 2 nitrogen and oxygen atoms in total. The Hall–Kier alpha value is 0.137. The van der Waals surface area contributed by atoms with Crippen molar-refractivity contribution < 1.29 is 9.47 Å². The Labute approximate surface area is 294 Å². The van der Waals surface area contributed by atoms with E-state index in [0.717, 1.165) is 95.3 Å². The van der Waals surface area contributed by atoms with E-state index in [2.05, 4.69) is 68.5 Å². The van der Waals surface area contributed by atoms with Gasteiger partial charge in [0.1, 0.15) is 0 Å². The number of fused-ring (bicyclic) bond motifs is 2. The van der Waals surface area contributed by atoms with Gasteiger partial charge in [0.2, 0.25) is 0 Å². The molecule has 0 aliphatic heterocycles. The number of ether oxygens (including phenoxy) is 2. The molecule has 0 aromatic carbocycles. The van der Waals surface area contributed by atoms with Crippen LogP contribution < -0.4 is 0 Å². The Balaban J connectivity index is 1.09. The minimum Gasteiger partial charge on any atom is -0.376 e. The minimum absolute atomic E-state index is 0.00952. The van der Waals surface area contributed by atoms with Crippen molar-refractivity contribution >= 4 is 8.07 Å². The molecule has 6 aliphatic rings. The molecule has 0 saturated heterocycles. The lowest BCUT2D eigenvalue weighted by molar-refractivity contribution is -0.0343. The number of hydrogen-bond acceptors (Lipinski definition) is 2. The third-order valence-corrected chi connectivity index (χ3v) is 21.4. The lowest BCUT2D eigenvalue weighted by Gasteiger charge is -2.50. The quantitative estimate of drug-likeness (QED) is 0.240. The van der Waals surface area contributed by atoms with Crippen LogP contribution in [0.1, 0.15) is 158 Å². The standard InChI is InChI=1S/C44H80O2Si/c1-29-25-39-35(33-21-17-31(18-22-33)27-45-43(3,4)5)13-11-15-37(39)41(29)47(9,10)42-30(2)26-40-36(14-12-16-38(40)42)34-23-19-32(20-24-34)28-46-44(6,7)8/h29-42H,11-28H2,1-10H3. The van der Waals surface area contributed by atoms with Crippen LogP contribution in [0.4, 0.5) is 0 Å². The largest absolute Gasteiger partial charge is 0.376 e. The summed E-state index contributed by atoms with van der Waals surface area (Å²) in [5, 5.41) is 0. The van der Waals surface area contributed by atoms with Crippen molar-refractivity contribution in [1.82, 2.24) is 0 Å². The topological polar surface area (TPSA) is 18.5 Å². The third-order valence-electron chi connectivity index (χ3n) is 16.0. The summed E-state index contributed by atoms with van der Waals surface area (Å²) in [5.41, 5.74) is 2.18. The minimum atomic E-state index is -1.45. The Morgan fingerprint density at radius 1 is 0.468 bits per heavy atom. The first-order valence-corrected chi connectivity index (χ1v) is 24.6. The predicted octanol–water partition coefficient (Wildman–Crippen LogP) is 12.8. The van der Waals surface area contributed by atoms with Crippen molar-refractivity contribution in [2.75, 3.05) is 13.2 Å².